The van der Waals surface area contributed by atoms with E-state index in [1.165, 1.54) is 0 Å². The number of nitrogens with zero attached hydrogens (tertiary/aromatic N) is 3. The zero-order valence-electron chi connectivity index (χ0n) is 7.05. The Kier molecular flexibility index (Phi) is 2.51. The molecule has 0 aliphatic carbocycles. The molecule has 0 atom stereocenters. The monoisotopic (exact) mass is 244 g/mol. The summed E-state index contributed by atoms with van der Waals surface area (Å²) in [6.07, 6.45) is 0. The summed E-state index contributed by atoms with van der Waals surface area (Å²) in [6, 6.07) is 0. The molecule has 0 radical (unpaired) electrons. The van der Waals surface area contributed by atoms with Crippen LogP contribution in [0.3, 0.4) is 0 Å². The number of anilines is 1. The molecule has 15 heavy (non-hydrogen) atoms. The second-order valence-corrected chi connectivity index (χ2v) is 4.57. The molecule has 4 N–H and O–H groups in total. The van der Waals surface area contributed by atoms with Crippen LogP contribution in [0.25, 0.3) is 0 Å². The molecule has 0 saturated heterocycles. The summed E-state index contributed by atoms with van der Waals surface area (Å²) in [6.45, 7) is 0. The summed E-state index contributed by atoms with van der Waals surface area (Å²) in [5.74, 6) is 0. The van der Waals surface area contributed by atoms with E-state index in [9.17, 15) is 9.59 Å². The molecule has 2 rings (SSSR count). The van der Waals surface area contributed by atoms with Crippen molar-refractivity contribution in [2.75, 3.05) is 5.73 Å². The van der Waals surface area contributed by atoms with Gasteiger partial charge in [0.05, 0.1) is 0 Å². The minimum absolute atomic E-state index is 0.0887. The second-order valence-electron chi connectivity index (χ2n) is 2.32. The Morgan fingerprint density at radius 3 is 2.73 bits per heavy atom. The van der Waals surface area contributed by atoms with Crippen LogP contribution in [0.15, 0.2) is 19.0 Å². The molecule has 10 heteroatoms. The first kappa shape index (κ1) is 9.86. The molecule has 2 aromatic rings. The molecule has 0 aliphatic rings. The number of nitrogens with one attached hydrogen (secondary N) is 2. The van der Waals surface area contributed by atoms with E-state index in [0.29, 0.717) is 9.47 Å². The van der Waals surface area contributed by atoms with Crippen LogP contribution in [-0.4, -0.2) is 25.4 Å². The summed E-state index contributed by atoms with van der Waals surface area (Å²) in [5.41, 5.74) is 4.14. The zero-order chi connectivity index (χ0) is 10.8. The third-order valence-electron chi connectivity index (χ3n) is 1.29. The highest BCUT2D eigenvalue weighted by Crippen LogP contribution is 2.26. The van der Waals surface area contributed by atoms with Crippen molar-refractivity contribution in [3.05, 3.63) is 20.8 Å². The molecule has 78 valence electrons. The fourth-order valence-electron chi connectivity index (χ4n) is 0.750. The first-order valence-corrected chi connectivity index (χ1v) is 5.24. The molecule has 0 unspecified atom stereocenters. The van der Waals surface area contributed by atoms with Gasteiger partial charge in [0.2, 0.25) is 5.13 Å². The maximum atomic E-state index is 11.2. The van der Waals surface area contributed by atoms with E-state index in [0.717, 1.165) is 23.1 Å². The van der Waals surface area contributed by atoms with Crippen molar-refractivity contribution in [3.63, 3.8) is 0 Å². The Bertz CT molecular complexity index is 585. The summed E-state index contributed by atoms with van der Waals surface area (Å²) in [7, 11) is 0. The fraction of sp³-hybridized carbons (Fsp3) is 0. The van der Waals surface area contributed by atoms with Gasteiger partial charge in [-0.1, -0.05) is 11.3 Å². The van der Waals surface area contributed by atoms with Gasteiger partial charge in [-0.15, -0.1) is 10.2 Å². The highest BCUT2D eigenvalue weighted by Gasteiger charge is 2.08. The third-order valence-corrected chi connectivity index (χ3v) is 3.06. The van der Waals surface area contributed by atoms with Gasteiger partial charge in [0, 0.05) is 0 Å². The molecule has 0 fully saturated rings. The lowest BCUT2D eigenvalue weighted by Crippen LogP contribution is -2.24. The largest absolute Gasteiger partial charge is 0.374 e. The fourth-order valence-corrected chi connectivity index (χ4v) is 2.23. The van der Waals surface area contributed by atoms with Crippen molar-refractivity contribution in [1.82, 2.24) is 25.4 Å². The Morgan fingerprint density at radius 2 is 2.13 bits per heavy atom. The number of rotatable bonds is 2. The van der Waals surface area contributed by atoms with E-state index < -0.39 is 11.2 Å². The maximum Gasteiger partial charge on any atom is 0.342 e. The minimum atomic E-state index is -0.652. The third kappa shape index (κ3) is 2.22. The lowest BCUT2D eigenvalue weighted by Gasteiger charge is -1.91. The minimum Gasteiger partial charge on any atom is -0.374 e. The van der Waals surface area contributed by atoms with Crippen molar-refractivity contribution in [3.8, 4) is 0 Å². The van der Waals surface area contributed by atoms with Gasteiger partial charge in [-0.3, -0.25) is 9.78 Å². The van der Waals surface area contributed by atoms with Gasteiger partial charge >= 0.3 is 5.69 Å². The van der Waals surface area contributed by atoms with Gasteiger partial charge in [0.15, 0.2) is 9.37 Å². The molecule has 2 heterocycles. The molecule has 0 spiro atoms. The molecule has 0 saturated carbocycles. The smallest absolute Gasteiger partial charge is 0.342 e. The summed E-state index contributed by atoms with van der Waals surface area (Å²) in [5, 5.41) is 13.3. The lowest BCUT2D eigenvalue weighted by molar-refractivity contribution is 0.806. The van der Waals surface area contributed by atoms with E-state index in [4.69, 9.17) is 5.73 Å². The number of hydrogen-bond acceptors (Lipinski definition) is 8. The highest BCUT2D eigenvalue weighted by atomic mass is 32.2. The van der Waals surface area contributed by atoms with Crippen molar-refractivity contribution in [2.45, 2.75) is 9.37 Å². The Hall–Kier alpha value is -1.68. The number of nitrogens with two attached hydrogens (primary N) is 1. The van der Waals surface area contributed by atoms with E-state index >= 15 is 0 Å². The van der Waals surface area contributed by atoms with Gasteiger partial charge in [0.1, 0.15) is 0 Å². The molecule has 8 nitrogen and oxygen atoms in total. The predicted octanol–water partition coefficient (Wildman–Crippen LogP) is -0.957. The molecular formula is C5H4N6O2S2. The summed E-state index contributed by atoms with van der Waals surface area (Å²) >= 11 is 2.11. The molecule has 0 aromatic carbocycles. The van der Waals surface area contributed by atoms with E-state index in [2.05, 4.69) is 20.4 Å². The number of H-pyrrole nitrogens is 2. The first-order chi connectivity index (χ1) is 7.15. The van der Waals surface area contributed by atoms with Gasteiger partial charge < -0.3 is 5.73 Å². The van der Waals surface area contributed by atoms with Crippen molar-refractivity contribution in [1.29, 1.82) is 0 Å². The van der Waals surface area contributed by atoms with E-state index in [-0.39, 0.29) is 5.03 Å². The SMILES string of the molecule is Nc1nnc(Sc2n[nH]c(=O)[nH]c2=O)s1. The van der Waals surface area contributed by atoms with Crippen LogP contribution in [0.1, 0.15) is 0 Å². The molecule has 0 aliphatic heterocycles. The molecule has 0 amide bonds. The Morgan fingerprint density at radius 1 is 1.33 bits per heavy atom. The number of nitrogen functional groups attached to an aromatic ring is 1. The van der Waals surface area contributed by atoms with Crippen LogP contribution in [0.2, 0.25) is 0 Å². The first-order valence-electron chi connectivity index (χ1n) is 3.61. The zero-order valence-corrected chi connectivity index (χ0v) is 8.68. The second kappa shape index (κ2) is 3.82. The topological polar surface area (TPSA) is 130 Å². The Labute approximate surface area is 90.0 Å². The van der Waals surface area contributed by atoms with Crippen LogP contribution in [0.4, 0.5) is 5.13 Å². The van der Waals surface area contributed by atoms with E-state index in [1.54, 1.807) is 0 Å². The average Bonchev–Trinajstić information content (AvgIpc) is 2.56. The van der Waals surface area contributed by atoms with Crippen LogP contribution >= 0.6 is 23.1 Å². The van der Waals surface area contributed by atoms with Gasteiger partial charge in [-0.2, -0.15) is 5.10 Å². The van der Waals surface area contributed by atoms with Crippen LogP contribution in [-0.2, 0) is 0 Å². The van der Waals surface area contributed by atoms with Crippen LogP contribution in [0, 0.1) is 0 Å². The number of aromatic amines is 2. The summed E-state index contributed by atoms with van der Waals surface area (Å²) in [4.78, 5) is 23.9. The van der Waals surface area contributed by atoms with Crippen LogP contribution < -0.4 is 17.0 Å². The van der Waals surface area contributed by atoms with Gasteiger partial charge in [-0.05, 0) is 11.8 Å². The van der Waals surface area contributed by atoms with E-state index in [1.807, 2.05) is 4.98 Å². The number of aromatic nitrogens is 5. The normalized spacial score (nSPS) is 10.4. The molecular weight excluding hydrogens is 240 g/mol. The quantitative estimate of drug-likeness (QED) is 0.620. The number of hydrogen-bond donors (Lipinski definition) is 3. The molecule has 0 bridgehead atoms. The van der Waals surface area contributed by atoms with Crippen molar-refractivity contribution < 1.29 is 0 Å². The van der Waals surface area contributed by atoms with Crippen molar-refractivity contribution >= 4 is 28.2 Å². The van der Waals surface area contributed by atoms with Gasteiger partial charge in [-0.25, -0.2) is 9.89 Å². The lowest BCUT2D eigenvalue weighted by atomic mass is 10.8. The highest BCUT2D eigenvalue weighted by molar-refractivity contribution is 8.01. The molecule has 2 aromatic heterocycles. The standard InChI is InChI=1S/C5H4N6O2S2/c6-3-9-11-5(15-3)14-2-1(12)7-4(13)10-8-2/h(H2,6,9)(H2,7,10,12,13). The average molecular weight is 244 g/mol. The van der Waals surface area contributed by atoms with Crippen molar-refractivity contribution in [2.24, 2.45) is 0 Å². The maximum absolute atomic E-state index is 11.2. The Balaban J connectivity index is 2.32. The summed E-state index contributed by atoms with van der Waals surface area (Å²) < 4.78 is 0.484. The van der Waals surface area contributed by atoms with Crippen LogP contribution in [0.5, 0.6) is 0 Å². The van der Waals surface area contributed by atoms with Gasteiger partial charge in [0.25, 0.3) is 5.56 Å². The predicted molar refractivity (Wildman–Crippen MR) is 53.9 cm³/mol.